The van der Waals surface area contributed by atoms with Gasteiger partial charge in [0.1, 0.15) is 5.54 Å². The van der Waals surface area contributed by atoms with Crippen molar-refractivity contribution in [2.75, 3.05) is 7.11 Å². The summed E-state index contributed by atoms with van der Waals surface area (Å²) in [4.78, 5) is 36.3. The number of esters is 1. The molecule has 0 fully saturated rings. The van der Waals surface area contributed by atoms with Gasteiger partial charge in [0.15, 0.2) is 5.69 Å². The van der Waals surface area contributed by atoms with E-state index in [1.54, 1.807) is 31.2 Å². The molecule has 0 aliphatic rings. The van der Waals surface area contributed by atoms with E-state index in [4.69, 9.17) is 11.6 Å². The lowest BCUT2D eigenvalue weighted by Gasteiger charge is -2.22. The van der Waals surface area contributed by atoms with Gasteiger partial charge in [0.05, 0.1) is 12.8 Å². The van der Waals surface area contributed by atoms with E-state index in [0.717, 1.165) is 0 Å². The fraction of sp³-hybridized carbons (Fsp3) is 0.294. The van der Waals surface area contributed by atoms with Crippen molar-refractivity contribution in [3.63, 3.8) is 0 Å². The van der Waals surface area contributed by atoms with Gasteiger partial charge in [-0.25, -0.2) is 9.48 Å². The van der Waals surface area contributed by atoms with Gasteiger partial charge in [-0.2, -0.15) is 5.10 Å². The van der Waals surface area contributed by atoms with Crippen molar-refractivity contribution in [3.05, 3.63) is 57.0 Å². The maximum atomic E-state index is 12.4. The van der Waals surface area contributed by atoms with Crippen LogP contribution in [-0.4, -0.2) is 34.3 Å². The Balaban J connectivity index is 2.43. The Labute approximate surface area is 149 Å². The molecule has 0 saturated carbocycles. The second-order valence-electron chi connectivity index (χ2n) is 5.96. The quantitative estimate of drug-likeness (QED) is 0.837. The maximum absolute atomic E-state index is 12.4. The summed E-state index contributed by atoms with van der Waals surface area (Å²) in [5.74, 6) is -1.39. The largest absolute Gasteiger partial charge is 0.467 e. The van der Waals surface area contributed by atoms with Crippen LogP contribution in [0.5, 0.6) is 0 Å². The van der Waals surface area contributed by atoms with Gasteiger partial charge in [-0.3, -0.25) is 9.59 Å². The minimum Gasteiger partial charge on any atom is -0.467 e. The number of carbonyl (C=O) groups excluding carboxylic acids is 2. The molecule has 132 valence electrons. The fourth-order valence-electron chi connectivity index (χ4n) is 2.20. The number of hydrogen-bond donors (Lipinski definition) is 1. The summed E-state index contributed by atoms with van der Waals surface area (Å²) in [6.07, 6.45) is 0. The molecule has 0 atom stereocenters. The lowest BCUT2D eigenvalue weighted by molar-refractivity contribution is -0.146. The maximum Gasteiger partial charge on any atom is 0.330 e. The number of benzene rings is 1. The van der Waals surface area contributed by atoms with Gasteiger partial charge in [0.2, 0.25) is 5.43 Å². The number of nitrogens with one attached hydrogen (secondary N) is 1. The highest BCUT2D eigenvalue weighted by Crippen LogP contribution is 2.14. The number of aromatic nitrogens is 2. The number of halogens is 1. The van der Waals surface area contributed by atoms with E-state index in [1.807, 2.05) is 0 Å². The van der Waals surface area contributed by atoms with E-state index >= 15 is 0 Å². The van der Waals surface area contributed by atoms with Gasteiger partial charge in [-0.05, 0) is 45.0 Å². The zero-order chi connectivity index (χ0) is 18.8. The second kappa shape index (κ2) is 7.06. The predicted molar refractivity (Wildman–Crippen MR) is 93.1 cm³/mol. The van der Waals surface area contributed by atoms with E-state index in [9.17, 15) is 14.4 Å². The molecule has 0 aliphatic carbocycles. The first-order valence-electron chi connectivity index (χ1n) is 7.43. The minimum absolute atomic E-state index is 0.322. The van der Waals surface area contributed by atoms with E-state index in [0.29, 0.717) is 16.4 Å². The molecule has 7 nitrogen and oxygen atoms in total. The summed E-state index contributed by atoms with van der Waals surface area (Å²) in [5.41, 5.74) is -0.965. The van der Waals surface area contributed by atoms with Crippen LogP contribution in [0.2, 0.25) is 5.02 Å². The zero-order valence-corrected chi connectivity index (χ0v) is 15.0. The Hall–Kier alpha value is -2.67. The van der Waals surface area contributed by atoms with Gasteiger partial charge in [0.25, 0.3) is 5.91 Å². The van der Waals surface area contributed by atoms with Crippen molar-refractivity contribution in [2.24, 2.45) is 0 Å². The number of aryl methyl sites for hydroxylation is 1. The molecule has 8 heteroatoms. The summed E-state index contributed by atoms with van der Waals surface area (Å²) in [6.45, 7) is 4.65. The number of rotatable bonds is 4. The third-order valence-corrected chi connectivity index (χ3v) is 3.77. The number of amides is 1. The number of nitrogens with zero attached hydrogens (tertiary/aromatic N) is 2. The molecule has 0 saturated heterocycles. The molecule has 1 amide bonds. The first-order chi connectivity index (χ1) is 11.7. The van der Waals surface area contributed by atoms with E-state index in [-0.39, 0.29) is 5.69 Å². The molecule has 0 unspecified atom stereocenters. The third-order valence-electron chi connectivity index (χ3n) is 3.52. The Kier molecular flexibility index (Phi) is 5.27. The van der Waals surface area contributed by atoms with E-state index < -0.39 is 22.8 Å². The van der Waals surface area contributed by atoms with E-state index in [1.165, 1.54) is 31.7 Å². The highest BCUT2D eigenvalue weighted by molar-refractivity contribution is 6.30. The molecule has 1 aromatic heterocycles. The van der Waals surface area contributed by atoms with Gasteiger partial charge < -0.3 is 10.1 Å². The first kappa shape index (κ1) is 18.7. The molecule has 1 heterocycles. The van der Waals surface area contributed by atoms with Crippen LogP contribution < -0.4 is 10.7 Å². The first-order valence-corrected chi connectivity index (χ1v) is 7.81. The highest BCUT2D eigenvalue weighted by Gasteiger charge is 2.32. The average Bonchev–Trinajstić information content (AvgIpc) is 2.54. The van der Waals surface area contributed by atoms with Crippen molar-refractivity contribution in [1.82, 2.24) is 15.1 Å². The number of hydrogen-bond acceptors (Lipinski definition) is 5. The molecule has 0 spiro atoms. The zero-order valence-electron chi connectivity index (χ0n) is 14.3. The smallest absolute Gasteiger partial charge is 0.330 e. The summed E-state index contributed by atoms with van der Waals surface area (Å²) < 4.78 is 6.09. The molecule has 1 aromatic carbocycles. The SMILES string of the molecule is COC(=O)C(C)(C)NC(=O)c1nn(-c2ccc(Cl)cc2)c(C)cc1=O. The normalized spacial score (nSPS) is 11.1. The third kappa shape index (κ3) is 4.06. The standard InChI is InChI=1S/C17H18ClN3O4/c1-10-9-13(22)14(15(23)19-17(2,3)16(24)25-4)20-21(10)12-7-5-11(18)6-8-12/h5-9H,1-4H3,(H,19,23). The van der Waals surface area contributed by atoms with Gasteiger partial charge in [-0.15, -0.1) is 0 Å². The lowest BCUT2D eigenvalue weighted by atomic mass is 10.1. The number of carbonyl (C=O) groups is 2. The van der Waals surface area contributed by atoms with Gasteiger partial charge in [-0.1, -0.05) is 11.6 Å². The summed E-state index contributed by atoms with van der Waals surface area (Å²) in [5, 5.41) is 7.15. The van der Waals surface area contributed by atoms with Crippen LogP contribution in [0, 0.1) is 6.92 Å². The molecule has 1 N–H and O–H groups in total. The van der Waals surface area contributed by atoms with Crippen LogP contribution in [0.1, 0.15) is 30.0 Å². The molecule has 2 rings (SSSR count). The topological polar surface area (TPSA) is 90.3 Å². The highest BCUT2D eigenvalue weighted by atomic mass is 35.5. The van der Waals surface area contributed by atoms with E-state index in [2.05, 4.69) is 15.2 Å². The monoisotopic (exact) mass is 363 g/mol. The van der Waals surface area contributed by atoms with Crippen LogP contribution in [0.15, 0.2) is 35.1 Å². The molecule has 0 radical (unpaired) electrons. The van der Waals surface area contributed by atoms with Crippen molar-refractivity contribution in [1.29, 1.82) is 0 Å². The Bertz CT molecular complexity index is 872. The number of methoxy groups -OCH3 is 1. The Morgan fingerprint density at radius 1 is 1.24 bits per heavy atom. The summed E-state index contributed by atoms with van der Waals surface area (Å²) in [7, 11) is 1.22. The summed E-state index contributed by atoms with van der Waals surface area (Å²) in [6, 6.07) is 8.09. The van der Waals surface area contributed by atoms with Crippen molar-refractivity contribution >= 4 is 23.5 Å². The Morgan fingerprint density at radius 2 is 1.84 bits per heavy atom. The number of ether oxygens (including phenoxy) is 1. The van der Waals surface area contributed by atoms with Crippen LogP contribution in [0.4, 0.5) is 0 Å². The minimum atomic E-state index is -1.30. The van der Waals surface area contributed by atoms with Crippen LogP contribution >= 0.6 is 11.6 Å². The molecule has 0 bridgehead atoms. The van der Waals surface area contributed by atoms with Gasteiger partial charge >= 0.3 is 5.97 Å². The Morgan fingerprint density at radius 3 is 2.40 bits per heavy atom. The van der Waals surface area contributed by atoms with Crippen LogP contribution in [0.3, 0.4) is 0 Å². The fourth-order valence-corrected chi connectivity index (χ4v) is 2.32. The molecule has 25 heavy (non-hydrogen) atoms. The molecule has 0 aliphatic heterocycles. The van der Waals surface area contributed by atoms with Crippen LogP contribution in [0.25, 0.3) is 5.69 Å². The summed E-state index contributed by atoms with van der Waals surface area (Å²) >= 11 is 5.87. The van der Waals surface area contributed by atoms with Crippen molar-refractivity contribution in [2.45, 2.75) is 26.3 Å². The van der Waals surface area contributed by atoms with Crippen LogP contribution in [-0.2, 0) is 9.53 Å². The lowest BCUT2D eigenvalue weighted by Crippen LogP contribution is -2.51. The molecular weight excluding hydrogens is 346 g/mol. The predicted octanol–water partition coefficient (Wildman–Crippen LogP) is 1.88. The second-order valence-corrected chi connectivity index (χ2v) is 6.39. The van der Waals surface area contributed by atoms with Crippen molar-refractivity contribution < 1.29 is 14.3 Å². The van der Waals surface area contributed by atoms with Gasteiger partial charge in [0, 0.05) is 16.8 Å². The van der Waals surface area contributed by atoms with Crippen molar-refractivity contribution in [3.8, 4) is 5.69 Å². The molecule has 2 aromatic rings. The average molecular weight is 364 g/mol. The molecular formula is C17H18ClN3O4.